The van der Waals surface area contributed by atoms with Crippen LogP contribution >= 0.6 is 11.6 Å². The lowest BCUT2D eigenvalue weighted by atomic mass is 9.78. The number of imidazole rings is 1. The number of hydrogen-bond donors (Lipinski definition) is 1. The fraction of sp³-hybridized carbons (Fsp3) is 0.407. The first-order valence-electron chi connectivity index (χ1n) is 11.9. The molecule has 5 rings (SSSR count). The lowest BCUT2D eigenvalue weighted by molar-refractivity contribution is -0.188. The molecule has 34 heavy (non-hydrogen) atoms. The summed E-state index contributed by atoms with van der Waals surface area (Å²) >= 11 is 6.23. The molecule has 1 amide bonds. The van der Waals surface area contributed by atoms with Gasteiger partial charge in [0.1, 0.15) is 12.4 Å². The molecule has 0 unspecified atom stereocenters. The van der Waals surface area contributed by atoms with Crippen LogP contribution in [0.5, 0.6) is 0 Å². The number of nitrogens with one attached hydrogen (secondary N) is 1. The van der Waals surface area contributed by atoms with Crippen LogP contribution < -0.4 is 5.32 Å². The number of carbonyl (C=O) groups excluding carboxylic acids is 1. The van der Waals surface area contributed by atoms with Crippen molar-refractivity contribution in [1.29, 1.82) is 0 Å². The molecule has 0 radical (unpaired) electrons. The van der Waals surface area contributed by atoms with E-state index in [1.165, 1.54) is 18.7 Å². The highest BCUT2D eigenvalue weighted by Gasteiger charge is 2.48. The highest BCUT2D eigenvalue weighted by molar-refractivity contribution is 6.30. The molecular weight excluding hydrogens is 448 g/mol. The van der Waals surface area contributed by atoms with Crippen molar-refractivity contribution in [2.45, 2.75) is 32.9 Å². The van der Waals surface area contributed by atoms with Crippen molar-refractivity contribution in [3.05, 3.63) is 65.3 Å². The van der Waals surface area contributed by atoms with Gasteiger partial charge in [0.15, 0.2) is 0 Å². The number of likely N-dealkylation sites (tertiary alicyclic amines) is 1. The molecule has 0 bridgehead atoms. The molecular formula is C27H31ClN4O2. The standard InChI is InChI=1S/C27H31ClN4O2/c1-19(2)29-25(33)14-32-13-24(30-26(32)22-4-3-5-23(28)12-22)21-8-6-20(7-9-21)10-11-31-15-27(16-31)17-34-18-27/h3-9,12-13,19H,10-11,14-18H2,1-2H3,(H,29,33). The van der Waals surface area contributed by atoms with Gasteiger partial charge in [-0.25, -0.2) is 4.98 Å². The normalized spacial score (nSPS) is 16.9. The van der Waals surface area contributed by atoms with Crippen molar-refractivity contribution in [3.63, 3.8) is 0 Å². The molecule has 2 fully saturated rings. The highest BCUT2D eigenvalue weighted by Crippen LogP contribution is 2.37. The Morgan fingerprint density at radius 1 is 1.15 bits per heavy atom. The molecule has 0 saturated carbocycles. The van der Waals surface area contributed by atoms with E-state index in [1.54, 1.807) is 0 Å². The summed E-state index contributed by atoms with van der Waals surface area (Å²) in [6.07, 6.45) is 2.99. The molecule has 2 aliphatic rings. The van der Waals surface area contributed by atoms with Crippen LogP contribution in [0, 0.1) is 5.41 Å². The van der Waals surface area contributed by atoms with Gasteiger partial charge in [-0.1, -0.05) is 48.0 Å². The molecule has 0 atom stereocenters. The average Bonchev–Trinajstić information content (AvgIpc) is 3.15. The van der Waals surface area contributed by atoms with Crippen LogP contribution in [0.25, 0.3) is 22.6 Å². The summed E-state index contributed by atoms with van der Waals surface area (Å²) in [5, 5.41) is 3.60. The smallest absolute Gasteiger partial charge is 0.240 e. The topological polar surface area (TPSA) is 59.4 Å². The van der Waals surface area contributed by atoms with Gasteiger partial charge in [0.25, 0.3) is 0 Å². The van der Waals surface area contributed by atoms with Crippen LogP contribution in [-0.2, 0) is 22.5 Å². The average molecular weight is 479 g/mol. The van der Waals surface area contributed by atoms with Gasteiger partial charge in [0.2, 0.25) is 5.91 Å². The van der Waals surface area contributed by atoms with E-state index in [0.29, 0.717) is 10.4 Å². The zero-order chi connectivity index (χ0) is 23.7. The molecule has 7 heteroatoms. The van der Waals surface area contributed by atoms with Crippen LogP contribution in [0.3, 0.4) is 0 Å². The van der Waals surface area contributed by atoms with Crippen molar-refractivity contribution in [1.82, 2.24) is 19.8 Å². The Balaban J connectivity index is 1.31. The zero-order valence-corrected chi connectivity index (χ0v) is 20.5. The van der Waals surface area contributed by atoms with Gasteiger partial charge in [-0.3, -0.25) is 4.79 Å². The maximum absolute atomic E-state index is 12.5. The molecule has 2 saturated heterocycles. The lowest BCUT2D eigenvalue weighted by Gasteiger charge is -2.55. The van der Waals surface area contributed by atoms with Crippen LogP contribution in [0.15, 0.2) is 54.7 Å². The quantitative estimate of drug-likeness (QED) is 0.525. The van der Waals surface area contributed by atoms with E-state index in [1.807, 2.05) is 48.9 Å². The Labute approximate surface area is 205 Å². The second-order valence-electron chi connectivity index (χ2n) is 9.96. The minimum absolute atomic E-state index is 0.0428. The molecule has 3 heterocycles. The van der Waals surface area contributed by atoms with Crippen LogP contribution in [0.1, 0.15) is 19.4 Å². The first-order valence-corrected chi connectivity index (χ1v) is 12.3. The number of halogens is 1. The summed E-state index contributed by atoms with van der Waals surface area (Å²) in [7, 11) is 0. The predicted octanol–water partition coefficient (Wildman–Crippen LogP) is 4.27. The maximum atomic E-state index is 12.5. The molecule has 2 aliphatic heterocycles. The van der Waals surface area contributed by atoms with Crippen molar-refractivity contribution in [2.75, 3.05) is 32.8 Å². The number of nitrogens with zero attached hydrogens (tertiary/aromatic N) is 3. The molecule has 3 aromatic rings. The zero-order valence-electron chi connectivity index (χ0n) is 19.8. The third-order valence-corrected chi connectivity index (χ3v) is 6.76. The van der Waals surface area contributed by atoms with E-state index >= 15 is 0 Å². The minimum atomic E-state index is -0.0428. The maximum Gasteiger partial charge on any atom is 0.240 e. The van der Waals surface area contributed by atoms with E-state index in [9.17, 15) is 4.79 Å². The fourth-order valence-corrected chi connectivity index (χ4v) is 5.01. The summed E-state index contributed by atoms with van der Waals surface area (Å²) in [6, 6.07) is 16.3. The highest BCUT2D eigenvalue weighted by atomic mass is 35.5. The summed E-state index contributed by atoms with van der Waals surface area (Å²) in [5.41, 5.74) is 4.55. The Bertz CT molecular complexity index is 1160. The van der Waals surface area contributed by atoms with Gasteiger partial charge in [-0.2, -0.15) is 0 Å². The number of benzene rings is 2. The SMILES string of the molecule is CC(C)NC(=O)Cn1cc(-c2ccc(CCN3CC4(COC4)C3)cc2)nc1-c1cccc(Cl)c1. The van der Waals surface area contributed by atoms with Gasteiger partial charge in [0, 0.05) is 53.4 Å². The first kappa shape index (κ1) is 23.1. The lowest BCUT2D eigenvalue weighted by Crippen LogP contribution is -2.66. The van der Waals surface area contributed by atoms with Crippen LogP contribution in [0.4, 0.5) is 0 Å². The van der Waals surface area contributed by atoms with Gasteiger partial charge in [-0.15, -0.1) is 0 Å². The Kier molecular flexibility index (Phi) is 6.47. The van der Waals surface area contributed by atoms with E-state index in [2.05, 4.69) is 34.5 Å². The summed E-state index contributed by atoms with van der Waals surface area (Å²) < 4.78 is 7.26. The van der Waals surface area contributed by atoms with Crippen molar-refractivity contribution >= 4 is 17.5 Å². The number of ether oxygens (including phenoxy) is 1. The number of carbonyl (C=O) groups is 1. The Hall–Kier alpha value is -2.67. The predicted molar refractivity (Wildman–Crippen MR) is 135 cm³/mol. The van der Waals surface area contributed by atoms with Crippen molar-refractivity contribution in [2.24, 2.45) is 5.41 Å². The Morgan fingerprint density at radius 3 is 2.56 bits per heavy atom. The third kappa shape index (κ3) is 5.04. The molecule has 1 spiro atoms. The molecule has 1 N–H and O–H groups in total. The van der Waals surface area contributed by atoms with E-state index in [4.69, 9.17) is 21.3 Å². The summed E-state index contributed by atoms with van der Waals surface area (Å²) in [4.78, 5) is 19.9. The minimum Gasteiger partial charge on any atom is -0.380 e. The van der Waals surface area contributed by atoms with Gasteiger partial charge < -0.3 is 19.5 Å². The largest absolute Gasteiger partial charge is 0.380 e. The van der Waals surface area contributed by atoms with Crippen LogP contribution in [-0.4, -0.2) is 59.2 Å². The summed E-state index contributed by atoms with van der Waals surface area (Å²) in [5.74, 6) is 0.686. The third-order valence-electron chi connectivity index (χ3n) is 6.52. The van der Waals surface area contributed by atoms with Gasteiger partial charge in [0.05, 0.1) is 18.9 Å². The second-order valence-corrected chi connectivity index (χ2v) is 10.4. The molecule has 0 aliphatic carbocycles. The second kappa shape index (κ2) is 9.53. The summed E-state index contributed by atoms with van der Waals surface area (Å²) in [6.45, 7) is 9.39. The van der Waals surface area contributed by atoms with Gasteiger partial charge >= 0.3 is 0 Å². The first-order chi connectivity index (χ1) is 16.4. The number of rotatable bonds is 8. The molecule has 1 aromatic heterocycles. The number of hydrogen-bond acceptors (Lipinski definition) is 4. The Morgan fingerprint density at radius 2 is 1.91 bits per heavy atom. The van der Waals surface area contributed by atoms with Crippen molar-refractivity contribution in [3.8, 4) is 22.6 Å². The monoisotopic (exact) mass is 478 g/mol. The molecule has 178 valence electrons. The van der Waals surface area contributed by atoms with Crippen LogP contribution in [0.2, 0.25) is 5.02 Å². The number of aromatic nitrogens is 2. The van der Waals surface area contributed by atoms with E-state index in [-0.39, 0.29) is 18.5 Å². The fourth-order valence-electron chi connectivity index (χ4n) is 4.82. The number of amides is 1. The van der Waals surface area contributed by atoms with E-state index < -0.39 is 0 Å². The van der Waals surface area contributed by atoms with E-state index in [0.717, 1.165) is 48.8 Å². The molecule has 2 aromatic carbocycles. The molecule has 6 nitrogen and oxygen atoms in total. The van der Waals surface area contributed by atoms with Crippen molar-refractivity contribution < 1.29 is 9.53 Å². The van der Waals surface area contributed by atoms with Gasteiger partial charge in [-0.05, 0) is 38.0 Å².